The molecule has 0 unspecified atom stereocenters. The molecule has 1 saturated carbocycles. The van der Waals surface area contributed by atoms with Crippen molar-refractivity contribution in [1.29, 1.82) is 0 Å². The predicted octanol–water partition coefficient (Wildman–Crippen LogP) is 7.30. The Labute approximate surface area is 174 Å². The molecule has 0 aromatic heterocycles. The summed E-state index contributed by atoms with van der Waals surface area (Å²) in [5.41, 5.74) is 10.6. The number of hydrogen-bond acceptors (Lipinski definition) is 2. The summed E-state index contributed by atoms with van der Waals surface area (Å²) >= 11 is 0. The van der Waals surface area contributed by atoms with Crippen LogP contribution < -0.4 is 10.6 Å². The number of para-hydroxylation sites is 1. The number of fused-ring (bicyclic) bond motifs is 3. The van der Waals surface area contributed by atoms with E-state index in [4.69, 9.17) is 0 Å². The monoisotopic (exact) mass is 382 g/mol. The van der Waals surface area contributed by atoms with Gasteiger partial charge >= 0.3 is 0 Å². The van der Waals surface area contributed by atoms with E-state index in [1.807, 2.05) is 0 Å². The van der Waals surface area contributed by atoms with Gasteiger partial charge in [0, 0.05) is 23.6 Å². The van der Waals surface area contributed by atoms with E-state index in [-0.39, 0.29) is 0 Å². The van der Waals surface area contributed by atoms with Crippen LogP contribution in [0.25, 0.3) is 11.1 Å². The molecule has 0 heterocycles. The first-order valence-corrected chi connectivity index (χ1v) is 11.1. The topological polar surface area (TPSA) is 24.1 Å². The molecule has 148 valence electrons. The van der Waals surface area contributed by atoms with Crippen molar-refractivity contribution >= 4 is 17.1 Å². The van der Waals surface area contributed by atoms with Gasteiger partial charge in [0.15, 0.2) is 0 Å². The minimum Gasteiger partial charge on any atom is -0.385 e. The van der Waals surface area contributed by atoms with E-state index in [1.165, 1.54) is 71.3 Å². The lowest BCUT2D eigenvalue weighted by atomic mass is 9.89. The van der Waals surface area contributed by atoms with E-state index in [9.17, 15) is 0 Å². The standard InChI is InChI=1S/C27H30N2/c1-19-14-25-22(16-27(19)29-23-10-6-3-7-11-23)15-21-12-13-24(17-26(21)25)28-18-20-8-4-2-5-9-20/h3,6-7,10-14,16-17,20,28-29H,2,4-5,8-9,15,18H2,1H3. The number of hydrogen-bond donors (Lipinski definition) is 2. The zero-order valence-corrected chi connectivity index (χ0v) is 17.3. The van der Waals surface area contributed by atoms with Crippen molar-refractivity contribution in [3.05, 3.63) is 77.4 Å². The molecule has 2 aliphatic rings. The molecule has 3 aromatic rings. The van der Waals surface area contributed by atoms with Gasteiger partial charge in [-0.1, -0.05) is 43.5 Å². The molecule has 0 amide bonds. The molecule has 0 atom stereocenters. The second-order valence-electron chi connectivity index (χ2n) is 8.75. The Hall–Kier alpha value is -2.74. The third-order valence-corrected chi connectivity index (χ3v) is 6.60. The van der Waals surface area contributed by atoms with Gasteiger partial charge in [0.25, 0.3) is 0 Å². The molecule has 29 heavy (non-hydrogen) atoms. The van der Waals surface area contributed by atoms with Gasteiger partial charge in [-0.25, -0.2) is 0 Å². The minimum absolute atomic E-state index is 0.846. The first-order chi connectivity index (χ1) is 14.3. The van der Waals surface area contributed by atoms with Crippen LogP contribution in [0, 0.1) is 12.8 Å². The van der Waals surface area contributed by atoms with Crippen LogP contribution in [0.4, 0.5) is 17.1 Å². The van der Waals surface area contributed by atoms with Gasteiger partial charge in [-0.2, -0.15) is 0 Å². The smallest absolute Gasteiger partial charge is 0.0417 e. The molecule has 0 bridgehead atoms. The predicted molar refractivity (Wildman–Crippen MR) is 124 cm³/mol. The van der Waals surface area contributed by atoms with E-state index >= 15 is 0 Å². The Morgan fingerprint density at radius 1 is 0.793 bits per heavy atom. The number of nitrogens with one attached hydrogen (secondary N) is 2. The Bertz CT molecular complexity index is 1000. The van der Waals surface area contributed by atoms with Crippen molar-refractivity contribution < 1.29 is 0 Å². The van der Waals surface area contributed by atoms with E-state index in [0.717, 1.165) is 24.6 Å². The van der Waals surface area contributed by atoms with Crippen molar-refractivity contribution in [2.24, 2.45) is 5.92 Å². The fraction of sp³-hybridized carbons (Fsp3) is 0.333. The van der Waals surface area contributed by atoms with Crippen LogP contribution in [0.5, 0.6) is 0 Å². The molecular formula is C27H30N2. The third-order valence-electron chi connectivity index (χ3n) is 6.60. The van der Waals surface area contributed by atoms with Crippen molar-refractivity contribution in [3.8, 4) is 11.1 Å². The molecule has 1 fully saturated rings. The van der Waals surface area contributed by atoms with E-state index in [1.54, 1.807) is 0 Å². The first-order valence-electron chi connectivity index (χ1n) is 11.1. The quantitative estimate of drug-likeness (QED) is 0.378. The molecule has 0 aliphatic heterocycles. The molecule has 2 heteroatoms. The third kappa shape index (κ3) is 3.89. The lowest BCUT2D eigenvalue weighted by Crippen LogP contribution is -2.17. The van der Waals surface area contributed by atoms with Crippen molar-refractivity contribution in [2.45, 2.75) is 45.4 Å². The van der Waals surface area contributed by atoms with Gasteiger partial charge in [0.2, 0.25) is 0 Å². The zero-order valence-electron chi connectivity index (χ0n) is 17.3. The van der Waals surface area contributed by atoms with Gasteiger partial charge in [-0.05, 0) is 96.3 Å². The number of anilines is 3. The fourth-order valence-electron chi connectivity index (χ4n) is 4.91. The first kappa shape index (κ1) is 18.3. The average Bonchev–Trinajstić information content (AvgIpc) is 3.11. The summed E-state index contributed by atoms with van der Waals surface area (Å²) in [6.45, 7) is 3.32. The van der Waals surface area contributed by atoms with Crippen LogP contribution in [0.15, 0.2) is 60.7 Å². The Morgan fingerprint density at radius 2 is 1.59 bits per heavy atom. The number of benzene rings is 3. The molecule has 2 aliphatic carbocycles. The summed E-state index contributed by atoms with van der Waals surface area (Å²) in [5, 5.41) is 7.31. The Morgan fingerprint density at radius 3 is 2.41 bits per heavy atom. The second-order valence-corrected chi connectivity index (χ2v) is 8.75. The number of rotatable bonds is 5. The summed E-state index contributed by atoms with van der Waals surface area (Å²) < 4.78 is 0. The van der Waals surface area contributed by atoms with Gasteiger partial charge in [0.05, 0.1) is 0 Å². The lowest BCUT2D eigenvalue weighted by molar-refractivity contribution is 0.373. The average molecular weight is 383 g/mol. The van der Waals surface area contributed by atoms with Crippen LogP contribution in [-0.2, 0) is 6.42 Å². The maximum absolute atomic E-state index is 3.72. The normalized spacial score (nSPS) is 15.6. The van der Waals surface area contributed by atoms with Crippen LogP contribution in [-0.4, -0.2) is 6.54 Å². The molecule has 0 radical (unpaired) electrons. The highest BCUT2D eigenvalue weighted by Crippen LogP contribution is 2.41. The lowest BCUT2D eigenvalue weighted by Gasteiger charge is -2.22. The van der Waals surface area contributed by atoms with Crippen LogP contribution in [0.2, 0.25) is 0 Å². The van der Waals surface area contributed by atoms with E-state index in [2.05, 4.69) is 78.2 Å². The zero-order chi connectivity index (χ0) is 19.6. The van der Waals surface area contributed by atoms with Crippen molar-refractivity contribution in [1.82, 2.24) is 0 Å². The van der Waals surface area contributed by atoms with Gasteiger partial charge in [-0.15, -0.1) is 0 Å². The summed E-state index contributed by atoms with van der Waals surface area (Å²) in [7, 11) is 0. The molecule has 2 N–H and O–H groups in total. The molecular weight excluding hydrogens is 352 g/mol. The summed E-state index contributed by atoms with van der Waals surface area (Å²) in [6, 6.07) is 22.1. The van der Waals surface area contributed by atoms with E-state index < -0.39 is 0 Å². The SMILES string of the molecule is Cc1cc2c(cc1Nc1ccccc1)Cc1ccc(NCC3CCCCC3)cc1-2. The number of aryl methyl sites for hydroxylation is 1. The van der Waals surface area contributed by atoms with Crippen LogP contribution in [0.3, 0.4) is 0 Å². The highest BCUT2D eigenvalue weighted by molar-refractivity contribution is 5.83. The minimum atomic E-state index is 0.846. The highest BCUT2D eigenvalue weighted by Gasteiger charge is 2.21. The molecule has 2 nitrogen and oxygen atoms in total. The summed E-state index contributed by atoms with van der Waals surface area (Å²) in [5.74, 6) is 0.846. The van der Waals surface area contributed by atoms with Gasteiger partial charge in [0.1, 0.15) is 0 Å². The van der Waals surface area contributed by atoms with Crippen LogP contribution in [0.1, 0.15) is 48.8 Å². The maximum Gasteiger partial charge on any atom is 0.0417 e. The largest absolute Gasteiger partial charge is 0.385 e. The van der Waals surface area contributed by atoms with Crippen LogP contribution >= 0.6 is 0 Å². The van der Waals surface area contributed by atoms with Crippen molar-refractivity contribution in [3.63, 3.8) is 0 Å². The molecule has 0 spiro atoms. The van der Waals surface area contributed by atoms with E-state index in [0.29, 0.717) is 0 Å². The maximum atomic E-state index is 3.72. The van der Waals surface area contributed by atoms with Crippen molar-refractivity contribution in [2.75, 3.05) is 17.2 Å². The Kier molecular flexibility index (Phi) is 5.01. The fourth-order valence-corrected chi connectivity index (χ4v) is 4.91. The molecule has 3 aromatic carbocycles. The summed E-state index contributed by atoms with van der Waals surface area (Å²) in [4.78, 5) is 0. The van der Waals surface area contributed by atoms with Gasteiger partial charge in [-0.3, -0.25) is 0 Å². The second kappa shape index (κ2) is 7.94. The Balaban J connectivity index is 1.36. The summed E-state index contributed by atoms with van der Waals surface area (Å²) in [6.07, 6.45) is 8.03. The molecule has 0 saturated heterocycles. The molecule has 5 rings (SSSR count). The van der Waals surface area contributed by atoms with Gasteiger partial charge < -0.3 is 10.6 Å². The highest BCUT2D eigenvalue weighted by atomic mass is 14.9.